The number of hydrogen-bond acceptors (Lipinski definition) is 7. The minimum absolute atomic E-state index is 0.0342. The predicted molar refractivity (Wildman–Crippen MR) is 111 cm³/mol. The number of rotatable bonds is 7. The summed E-state index contributed by atoms with van der Waals surface area (Å²) in [5, 5.41) is 16.2. The molecule has 8 heteroatoms. The van der Waals surface area contributed by atoms with Gasteiger partial charge < -0.3 is 15.1 Å². The first kappa shape index (κ1) is 20.4. The molecule has 3 rings (SSSR count). The second-order valence-electron chi connectivity index (χ2n) is 6.56. The number of amides is 1. The summed E-state index contributed by atoms with van der Waals surface area (Å²) < 4.78 is 5.27. The van der Waals surface area contributed by atoms with Crippen molar-refractivity contribution in [2.75, 3.05) is 5.73 Å². The third-order valence-corrected chi connectivity index (χ3v) is 5.59. The Morgan fingerprint density at radius 3 is 2.55 bits per heavy atom. The van der Waals surface area contributed by atoms with Gasteiger partial charge in [0.25, 0.3) is 0 Å². The molecule has 0 aliphatic heterocycles. The van der Waals surface area contributed by atoms with E-state index in [-0.39, 0.29) is 29.6 Å². The number of nitrogens with zero attached hydrogens (tertiary/aromatic N) is 4. The maximum atomic E-state index is 13.2. The van der Waals surface area contributed by atoms with E-state index in [1.54, 1.807) is 17.0 Å². The van der Waals surface area contributed by atoms with Crippen LogP contribution in [0.1, 0.15) is 29.5 Å². The highest BCUT2D eigenvalue weighted by molar-refractivity contribution is 8.00. The lowest BCUT2D eigenvalue weighted by Crippen LogP contribution is -2.35. The molecule has 29 heavy (non-hydrogen) atoms. The van der Waals surface area contributed by atoms with Crippen LogP contribution in [0.3, 0.4) is 0 Å². The number of anilines is 1. The SMILES string of the molecule is Cc1ccccc1S[C@@H](C)C(=O)N(Cc1ccc(C#N)cc1)Cc1nnc(N)o1. The van der Waals surface area contributed by atoms with Crippen LogP contribution in [-0.4, -0.2) is 26.3 Å². The molecule has 0 aliphatic carbocycles. The number of nitrogens with two attached hydrogens (primary N) is 1. The lowest BCUT2D eigenvalue weighted by atomic mass is 10.1. The molecule has 2 aromatic carbocycles. The highest BCUT2D eigenvalue weighted by Gasteiger charge is 2.24. The maximum absolute atomic E-state index is 13.2. The minimum Gasteiger partial charge on any atom is -0.406 e. The maximum Gasteiger partial charge on any atom is 0.312 e. The highest BCUT2D eigenvalue weighted by atomic mass is 32.2. The Morgan fingerprint density at radius 2 is 1.93 bits per heavy atom. The standard InChI is InChI=1S/C21H21N5O2S/c1-14-5-3-4-6-18(14)29-15(2)20(27)26(13-19-24-25-21(23)28-19)12-17-9-7-16(11-22)8-10-17/h3-10,15H,12-13H2,1-2H3,(H2,23,25)/t15-/m0/s1. The molecule has 148 valence electrons. The number of hydrogen-bond donors (Lipinski definition) is 1. The van der Waals surface area contributed by atoms with Gasteiger partial charge in [0, 0.05) is 11.4 Å². The van der Waals surface area contributed by atoms with Crippen LogP contribution in [0.5, 0.6) is 0 Å². The summed E-state index contributed by atoms with van der Waals surface area (Å²) >= 11 is 1.51. The quantitative estimate of drug-likeness (QED) is 0.597. The number of thioether (sulfide) groups is 1. The molecule has 1 atom stereocenters. The lowest BCUT2D eigenvalue weighted by Gasteiger charge is -2.25. The molecule has 0 saturated carbocycles. The van der Waals surface area contributed by atoms with E-state index in [4.69, 9.17) is 15.4 Å². The Hall–Kier alpha value is -3.31. The molecule has 2 N–H and O–H groups in total. The Kier molecular flexibility index (Phi) is 6.52. The normalized spacial score (nSPS) is 11.6. The zero-order valence-corrected chi connectivity index (χ0v) is 17.0. The average molecular weight is 407 g/mol. The molecule has 0 bridgehead atoms. The summed E-state index contributed by atoms with van der Waals surface area (Å²) in [5.74, 6) is 0.219. The Balaban J connectivity index is 1.79. The van der Waals surface area contributed by atoms with Crippen LogP contribution in [0.2, 0.25) is 0 Å². The number of nitrogen functional groups attached to an aromatic ring is 1. The van der Waals surface area contributed by atoms with Crippen molar-refractivity contribution in [1.82, 2.24) is 15.1 Å². The van der Waals surface area contributed by atoms with Crippen molar-refractivity contribution in [1.29, 1.82) is 5.26 Å². The van der Waals surface area contributed by atoms with Crippen LogP contribution >= 0.6 is 11.8 Å². The van der Waals surface area contributed by atoms with Crippen LogP contribution in [0.15, 0.2) is 57.8 Å². The van der Waals surface area contributed by atoms with Crippen molar-refractivity contribution < 1.29 is 9.21 Å². The molecule has 0 spiro atoms. The molecule has 1 aromatic heterocycles. The first-order valence-corrected chi connectivity index (χ1v) is 9.92. The number of benzene rings is 2. The summed E-state index contributed by atoms with van der Waals surface area (Å²) in [6.07, 6.45) is 0. The second-order valence-corrected chi connectivity index (χ2v) is 7.95. The molecule has 0 unspecified atom stereocenters. The van der Waals surface area contributed by atoms with Gasteiger partial charge in [-0.2, -0.15) is 5.26 Å². The molecule has 0 fully saturated rings. The third kappa shape index (κ3) is 5.36. The zero-order valence-electron chi connectivity index (χ0n) is 16.2. The summed E-state index contributed by atoms with van der Waals surface area (Å²) in [5.41, 5.74) is 8.11. The van der Waals surface area contributed by atoms with Crippen LogP contribution in [-0.2, 0) is 17.9 Å². The summed E-state index contributed by atoms with van der Waals surface area (Å²) in [7, 11) is 0. The molecular formula is C21H21N5O2S. The van der Waals surface area contributed by atoms with Crippen molar-refractivity contribution >= 4 is 23.7 Å². The zero-order chi connectivity index (χ0) is 20.8. The molecule has 1 heterocycles. The number of carbonyl (C=O) groups excluding carboxylic acids is 1. The van der Waals surface area contributed by atoms with Gasteiger partial charge in [-0.3, -0.25) is 4.79 Å². The van der Waals surface area contributed by atoms with Crippen molar-refractivity contribution in [3.63, 3.8) is 0 Å². The first-order chi connectivity index (χ1) is 14.0. The highest BCUT2D eigenvalue weighted by Crippen LogP contribution is 2.28. The number of nitriles is 1. The molecule has 7 nitrogen and oxygen atoms in total. The fourth-order valence-electron chi connectivity index (χ4n) is 2.80. The summed E-state index contributed by atoms with van der Waals surface area (Å²) in [6, 6.07) is 17.2. The Morgan fingerprint density at radius 1 is 1.21 bits per heavy atom. The fraction of sp³-hybridized carbons (Fsp3) is 0.238. The van der Waals surface area contributed by atoms with Gasteiger partial charge in [-0.25, -0.2) is 0 Å². The van der Waals surface area contributed by atoms with Crippen LogP contribution in [0.4, 0.5) is 6.01 Å². The van der Waals surface area contributed by atoms with Crippen LogP contribution < -0.4 is 5.73 Å². The van der Waals surface area contributed by atoms with Gasteiger partial charge in [0.05, 0.1) is 23.4 Å². The van der Waals surface area contributed by atoms with E-state index in [1.807, 2.05) is 50.2 Å². The van der Waals surface area contributed by atoms with Crippen LogP contribution in [0, 0.1) is 18.3 Å². The van der Waals surface area contributed by atoms with Crippen molar-refractivity contribution in [2.45, 2.75) is 37.1 Å². The van der Waals surface area contributed by atoms with E-state index in [0.717, 1.165) is 16.0 Å². The van der Waals surface area contributed by atoms with E-state index in [1.165, 1.54) is 11.8 Å². The summed E-state index contributed by atoms with van der Waals surface area (Å²) in [6.45, 7) is 4.41. The van der Waals surface area contributed by atoms with Gasteiger partial charge in [-0.05, 0) is 43.2 Å². The average Bonchev–Trinajstić information content (AvgIpc) is 3.14. The van der Waals surface area contributed by atoms with Crippen molar-refractivity contribution in [3.05, 3.63) is 71.1 Å². The Labute approximate surface area is 173 Å². The molecule has 3 aromatic rings. The fourth-order valence-corrected chi connectivity index (χ4v) is 3.84. The van der Waals surface area contributed by atoms with Gasteiger partial charge in [0.1, 0.15) is 0 Å². The van der Waals surface area contributed by atoms with E-state index >= 15 is 0 Å². The molecule has 0 radical (unpaired) electrons. The monoisotopic (exact) mass is 407 g/mol. The van der Waals surface area contributed by atoms with Crippen LogP contribution in [0.25, 0.3) is 0 Å². The topological polar surface area (TPSA) is 109 Å². The first-order valence-electron chi connectivity index (χ1n) is 9.04. The smallest absolute Gasteiger partial charge is 0.312 e. The Bertz CT molecular complexity index is 1030. The lowest BCUT2D eigenvalue weighted by molar-refractivity contribution is -0.131. The van der Waals surface area contributed by atoms with Gasteiger partial charge in [0.15, 0.2) is 0 Å². The molecule has 0 aliphatic rings. The van der Waals surface area contributed by atoms with Gasteiger partial charge in [0.2, 0.25) is 11.8 Å². The van der Waals surface area contributed by atoms with E-state index in [2.05, 4.69) is 16.3 Å². The largest absolute Gasteiger partial charge is 0.406 e. The number of carbonyl (C=O) groups is 1. The van der Waals surface area contributed by atoms with Gasteiger partial charge in [-0.1, -0.05) is 35.4 Å². The molecule has 0 saturated heterocycles. The van der Waals surface area contributed by atoms with Crippen molar-refractivity contribution in [2.24, 2.45) is 0 Å². The minimum atomic E-state index is -0.310. The van der Waals surface area contributed by atoms with Gasteiger partial charge in [-0.15, -0.1) is 16.9 Å². The second kappa shape index (κ2) is 9.26. The van der Waals surface area contributed by atoms with E-state index in [0.29, 0.717) is 12.1 Å². The number of aryl methyl sites for hydroxylation is 1. The summed E-state index contributed by atoms with van der Waals surface area (Å²) in [4.78, 5) is 15.9. The third-order valence-electron chi connectivity index (χ3n) is 4.32. The van der Waals surface area contributed by atoms with Gasteiger partial charge >= 0.3 is 6.01 Å². The number of aromatic nitrogens is 2. The molecular weight excluding hydrogens is 386 g/mol. The molecule has 1 amide bonds. The predicted octanol–water partition coefficient (Wildman–Crippen LogP) is 3.54. The van der Waals surface area contributed by atoms with E-state index < -0.39 is 0 Å². The van der Waals surface area contributed by atoms with E-state index in [9.17, 15) is 4.79 Å². The van der Waals surface area contributed by atoms with Crippen molar-refractivity contribution in [3.8, 4) is 6.07 Å².